The third kappa shape index (κ3) is 5.59. The second-order valence-corrected chi connectivity index (χ2v) is 8.10. The van der Waals surface area contributed by atoms with E-state index in [-0.39, 0.29) is 18.2 Å². The maximum Gasteiger partial charge on any atom is 0.130 e. The zero-order valence-corrected chi connectivity index (χ0v) is 18.0. The van der Waals surface area contributed by atoms with Crippen molar-refractivity contribution in [2.24, 2.45) is 0 Å². The Labute approximate surface area is 183 Å². The van der Waals surface area contributed by atoms with Crippen LogP contribution in [0.3, 0.4) is 0 Å². The topological polar surface area (TPSA) is 20.2 Å². The van der Waals surface area contributed by atoms with Crippen LogP contribution in [-0.2, 0) is 0 Å². The van der Waals surface area contributed by atoms with Crippen LogP contribution in [-0.4, -0.2) is 17.6 Å². The second-order valence-electron chi connectivity index (χ2n) is 7.83. The Morgan fingerprint density at radius 1 is 0.667 bits per heavy atom. The van der Waals surface area contributed by atoms with Gasteiger partial charge < -0.3 is 5.11 Å². The lowest BCUT2D eigenvalue weighted by Gasteiger charge is -2.19. The van der Waals surface area contributed by atoms with Crippen molar-refractivity contribution in [1.29, 1.82) is 0 Å². The predicted molar refractivity (Wildman–Crippen MR) is 121 cm³/mol. The zero-order chi connectivity index (χ0) is 21.3. The molecule has 0 amide bonds. The van der Waals surface area contributed by atoms with E-state index in [0.29, 0.717) is 11.4 Å². The molecular weight excluding hydrogens is 402 g/mol. The summed E-state index contributed by atoms with van der Waals surface area (Å²) in [4.78, 5) is 0. The van der Waals surface area contributed by atoms with Crippen LogP contribution in [0.5, 0.6) is 0 Å². The van der Waals surface area contributed by atoms with E-state index in [1.54, 1.807) is 18.2 Å². The molecule has 0 fully saturated rings. The molecule has 2 aliphatic carbocycles. The van der Waals surface area contributed by atoms with Crippen molar-refractivity contribution in [3.63, 3.8) is 0 Å². The Morgan fingerprint density at radius 3 is 1.57 bits per heavy atom. The van der Waals surface area contributed by atoms with Crippen molar-refractivity contribution in [2.75, 3.05) is 12.5 Å². The Balaban J connectivity index is 0.000000171. The van der Waals surface area contributed by atoms with Gasteiger partial charge in [-0.3, -0.25) is 0 Å². The number of alkyl halides is 1. The fraction of sp³-hybridized carbons (Fsp3) is 0.385. The number of rotatable bonds is 4. The Kier molecular flexibility index (Phi) is 8.65. The van der Waals surface area contributed by atoms with Gasteiger partial charge in [-0.15, -0.1) is 11.6 Å². The fourth-order valence-electron chi connectivity index (χ4n) is 4.32. The van der Waals surface area contributed by atoms with Crippen molar-refractivity contribution in [2.45, 2.75) is 51.4 Å². The van der Waals surface area contributed by atoms with Crippen molar-refractivity contribution >= 4 is 22.7 Å². The first-order valence-electron chi connectivity index (χ1n) is 10.7. The fourth-order valence-corrected chi connectivity index (χ4v) is 4.61. The smallest absolute Gasteiger partial charge is 0.130 e. The number of halogens is 3. The van der Waals surface area contributed by atoms with Gasteiger partial charge in [-0.25, -0.2) is 8.78 Å². The summed E-state index contributed by atoms with van der Waals surface area (Å²) in [5, 5.41) is 9.23. The molecule has 0 aromatic heterocycles. The summed E-state index contributed by atoms with van der Waals surface area (Å²) >= 11 is 5.90. The molecule has 0 saturated carbocycles. The quantitative estimate of drug-likeness (QED) is 0.497. The minimum atomic E-state index is -0.180. The second kappa shape index (κ2) is 11.4. The van der Waals surface area contributed by atoms with Crippen molar-refractivity contribution in [3.8, 4) is 0 Å². The lowest BCUT2D eigenvalue weighted by Crippen LogP contribution is -2.04. The van der Waals surface area contributed by atoms with E-state index >= 15 is 0 Å². The average molecular weight is 431 g/mol. The first-order chi connectivity index (χ1) is 14.7. The van der Waals surface area contributed by atoms with Crippen molar-refractivity contribution < 1.29 is 13.9 Å². The molecule has 0 bridgehead atoms. The molecule has 0 spiro atoms. The highest BCUT2D eigenvalue weighted by atomic mass is 35.5. The minimum Gasteiger partial charge on any atom is -0.392 e. The Bertz CT molecular complexity index is 841. The van der Waals surface area contributed by atoms with E-state index < -0.39 is 0 Å². The molecule has 160 valence electrons. The monoisotopic (exact) mass is 430 g/mol. The third-order valence-electron chi connectivity index (χ3n) is 5.91. The number of aliphatic hydroxyl groups is 1. The summed E-state index contributed by atoms with van der Waals surface area (Å²) in [5.41, 5.74) is 5.78. The van der Waals surface area contributed by atoms with Crippen LogP contribution in [0.15, 0.2) is 59.7 Å². The van der Waals surface area contributed by atoms with Gasteiger partial charge in [0.05, 0.1) is 6.61 Å². The lowest BCUT2D eigenvalue weighted by molar-refractivity contribution is 0.324. The highest BCUT2D eigenvalue weighted by molar-refractivity contribution is 6.20. The predicted octanol–water partition coefficient (Wildman–Crippen LogP) is 7.54. The molecule has 2 aromatic rings. The molecule has 0 heterocycles. The number of hydrogen-bond donors (Lipinski definition) is 1. The van der Waals surface area contributed by atoms with E-state index in [9.17, 15) is 13.9 Å². The third-order valence-corrected chi connectivity index (χ3v) is 6.24. The largest absolute Gasteiger partial charge is 0.392 e. The van der Waals surface area contributed by atoms with Crippen LogP contribution in [0, 0.1) is 11.6 Å². The molecule has 1 nitrogen and oxygen atoms in total. The number of aliphatic hydroxyl groups excluding tert-OH is 1. The van der Waals surface area contributed by atoms with Crippen LogP contribution >= 0.6 is 11.6 Å². The Morgan fingerprint density at radius 2 is 1.10 bits per heavy atom. The standard InChI is InChI=1S/C13H14ClF.C13H15FO/c14-9-10-5-1-2-6-11(10)12-7-3-4-8-13(12)15;14-13-8-4-3-7-12(13)11-6-2-1-5-10(11)9-15/h3-4,7-8H,1-2,5-6,9H2;3-4,7-8,15H,1-2,5-6,9H2. The molecule has 2 aromatic carbocycles. The highest BCUT2D eigenvalue weighted by Crippen LogP contribution is 2.34. The molecule has 0 radical (unpaired) electrons. The number of hydrogen-bond acceptors (Lipinski definition) is 1. The van der Waals surface area contributed by atoms with Crippen LogP contribution in [0.4, 0.5) is 8.78 Å². The van der Waals surface area contributed by atoms with Gasteiger partial charge in [0.1, 0.15) is 11.6 Å². The highest BCUT2D eigenvalue weighted by Gasteiger charge is 2.17. The molecule has 2 aliphatic rings. The van der Waals surface area contributed by atoms with Gasteiger partial charge in [0, 0.05) is 17.0 Å². The first-order valence-corrected chi connectivity index (χ1v) is 11.3. The molecule has 4 heteroatoms. The molecule has 0 aliphatic heterocycles. The van der Waals surface area contributed by atoms with Crippen LogP contribution in [0.25, 0.3) is 11.1 Å². The summed E-state index contributed by atoms with van der Waals surface area (Å²) in [7, 11) is 0. The summed E-state index contributed by atoms with van der Waals surface area (Å²) in [6.45, 7) is 0.0592. The van der Waals surface area contributed by atoms with Crippen molar-refractivity contribution in [1.82, 2.24) is 0 Å². The molecule has 0 unspecified atom stereocenters. The maximum absolute atomic E-state index is 13.6. The number of benzene rings is 2. The summed E-state index contributed by atoms with van der Waals surface area (Å²) in [6.07, 6.45) is 8.29. The van der Waals surface area contributed by atoms with E-state index in [4.69, 9.17) is 11.6 Å². The van der Waals surface area contributed by atoms with Crippen LogP contribution in [0.1, 0.15) is 62.5 Å². The molecule has 0 saturated heterocycles. The van der Waals surface area contributed by atoms with Gasteiger partial charge >= 0.3 is 0 Å². The van der Waals surface area contributed by atoms with Gasteiger partial charge in [0.2, 0.25) is 0 Å². The summed E-state index contributed by atoms with van der Waals surface area (Å²) in [5.74, 6) is 0.223. The van der Waals surface area contributed by atoms with Gasteiger partial charge in [0.15, 0.2) is 0 Å². The summed E-state index contributed by atoms with van der Waals surface area (Å²) in [6, 6.07) is 13.8. The molecule has 30 heavy (non-hydrogen) atoms. The normalized spacial score (nSPS) is 16.9. The maximum atomic E-state index is 13.6. The lowest BCUT2D eigenvalue weighted by atomic mass is 9.87. The first kappa shape index (κ1) is 22.7. The molecule has 4 rings (SSSR count). The van der Waals surface area contributed by atoms with Gasteiger partial charge in [-0.2, -0.15) is 0 Å². The van der Waals surface area contributed by atoms with E-state index in [1.807, 2.05) is 18.2 Å². The Hall–Kier alpha value is -1.97. The SMILES string of the molecule is Fc1ccccc1C1=C(CCl)CCCC1.OCC1=C(c2ccccc2F)CCCC1. The average Bonchev–Trinajstić information content (AvgIpc) is 2.80. The van der Waals surface area contributed by atoms with Gasteiger partial charge in [0.25, 0.3) is 0 Å². The van der Waals surface area contributed by atoms with Crippen molar-refractivity contribution in [3.05, 3.63) is 82.4 Å². The van der Waals surface area contributed by atoms with Gasteiger partial charge in [-0.05, 0) is 80.2 Å². The number of allylic oxidation sites excluding steroid dienone is 3. The van der Waals surface area contributed by atoms with Crippen LogP contribution < -0.4 is 0 Å². The molecular formula is C26H29ClF2O. The molecule has 0 atom stereocenters. The molecule has 1 N–H and O–H groups in total. The zero-order valence-electron chi connectivity index (χ0n) is 17.3. The minimum absolute atomic E-state index is 0.0592. The summed E-state index contributed by atoms with van der Waals surface area (Å²) < 4.78 is 27.2. The van der Waals surface area contributed by atoms with E-state index in [2.05, 4.69) is 0 Å². The van der Waals surface area contributed by atoms with E-state index in [0.717, 1.165) is 67.2 Å². The van der Waals surface area contributed by atoms with Gasteiger partial charge in [-0.1, -0.05) is 42.0 Å². The van der Waals surface area contributed by atoms with Crippen LogP contribution in [0.2, 0.25) is 0 Å². The van der Waals surface area contributed by atoms with E-state index in [1.165, 1.54) is 24.1 Å².